The highest BCUT2D eigenvalue weighted by Gasteiger charge is 2.40. The lowest BCUT2D eigenvalue weighted by Gasteiger charge is -2.39. The number of amides is 1. The maximum atomic E-state index is 12.7. The largest absolute Gasteiger partial charge is 0.341 e. The molecule has 0 spiro atoms. The average Bonchev–Trinajstić information content (AvgIpc) is 2.89. The molecule has 1 aromatic rings. The first-order valence-electron chi connectivity index (χ1n) is 7.51. The van der Waals surface area contributed by atoms with Crippen molar-refractivity contribution >= 4 is 17.2 Å². The summed E-state index contributed by atoms with van der Waals surface area (Å²) in [6.45, 7) is 4.30. The first-order chi connectivity index (χ1) is 9.42. The molecule has 112 valence electrons. The van der Waals surface area contributed by atoms with Gasteiger partial charge in [0.1, 0.15) is 0 Å². The Morgan fingerprint density at radius 3 is 3.00 bits per heavy atom. The average molecular weight is 294 g/mol. The second kappa shape index (κ2) is 6.27. The Bertz CT molecular complexity index is 445. The molecule has 1 aromatic heterocycles. The zero-order chi connectivity index (χ0) is 14.8. The van der Waals surface area contributed by atoms with E-state index in [2.05, 4.69) is 31.4 Å². The predicted octanol–water partition coefficient (Wildman–Crippen LogP) is 3.05. The highest BCUT2D eigenvalue weighted by Crippen LogP contribution is 2.32. The van der Waals surface area contributed by atoms with E-state index >= 15 is 0 Å². The second-order valence-electron chi connectivity index (χ2n) is 6.41. The van der Waals surface area contributed by atoms with Gasteiger partial charge in [-0.05, 0) is 37.1 Å². The van der Waals surface area contributed by atoms with E-state index in [1.165, 1.54) is 11.3 Å². The minimum atomic E-state index is -0.643. The van der Waals surface area contributed by atoms with Crippen LogP contribution in [-0.4, -0.2) is 29.4 Å². The zero-order valence-electron chi connectivity index (χ0n) is 12.8. The molecule has 20 heavy (non-hydrogen) atoms. The SMILES string of the molecule is CC1CCCC(N)(C(=O)N(C)C(C)Cc2cccs2)C1. The van der Waals surface area contributed by atoms with Gasteiger partial charge in [0.2, 0.25) is 5.91 Å². The van der Waals surface area contributed by atoms with Crippen LogP contribution in [0.4, 0.5) is 0 Å². The minimum absolute atomic E-state index is 0.119. The molecule has 0 bridgehead atoms. The number of nitrogens with two attached hydrogens (primary N) is 1. The zero-order valence-corrected chi connectivity index (χ0v) is 13.6. The van der Waals surface area contributed by atoms with Crippen LogP contribution >= 0.6 is 11.3 Å². The number of likely N-dealkylation sites (N-methyl/N-ethyl adjacent to an activating group) is 1. The van der Waals surface area contributed by atoms with Crippen molar-refractivity contribution in [1.82, 2.24) is 4.90 Å². The fourth-order valence-corrected chi connectivity index (χ4v) is 4.02. The Hall–Kier alpha value is -0.870. The summed E-state index contributed by atoms with van der Waals surface area (Å²) in [6, 6.07) is 4.38. The van der Waals surface area contributed by atoms with Crippen LogP contribution in [0.1, 0.15) is 44.4 Å². The highest BCUT2D eigenvalue weighted by atomic mass is 32.1. The molecule has 0 saturated heterocycles. The summed E-state index contributed by atoms with van der Waals surface area (Å²) in [5.74, 6) is 0.673. The number of hydrogen-bond donors (Lipinski definition) is 1. The Morgan fingerprint density at radius 2 is 2.40 bits per heavy atom. The summed E-state index contributed by atoms with van der Waals surface area (Å²) in [7, 11) is 1.90. The number of hydrogen-bond acceptors (Lipinski definition) is 3. The van der Waals surface area contributed by atoms with Crippen molar-refractivity contribution < 1.29 is 4.79 Å². The van der Waals surface area contributed by atoms with E-state index in [-0.39, 0.29) is 11.9 Å². The molecule has 1 heterocycles. The summed E-state index contributed by atoms with van der Waals surface area (Å²) >= 11 is 1.75. The van der Waals surface area contributed by atoms with Crippen LogP contribution in [0.15, 0.2) is 17.5 Å². The highest BCUT2D eigenvalue weighted by molar-refractivity contribution is 7.09. The molecule has 1 fully saturated rings. The van der Waals surface area contributed by atoms with Gasteiger partial charge in [0.15, 0.2) is 0 Å². The molecule has 0 aromatic carbocycles. The van der Waals surface area contributed by atoms with Gasteiger partial charge in [0.25, 0.3) is 0 Å². The molecule has 1 aliphatic rings. The van der Waals surface area contributed by atoms with Crippen molar-refractivity contribution in [3.63, 3.8) is 0 Å². The predicted molar refractivity (Wildman–Crippen MR) is 84.8 cm³/mol. The van der Waals surface area contributed by atoms with E-state index in [0.717, 1.165) is 25.7 Å². The number of carbonyl (C=O) groups excluding carboxylic acids is 1. The van der Waals surface area contributed by atoms with Crippen molar-refractivity contribution in [2.24, 2.45) is 11.7 Å². The van der Waals surface area contributed by atoms with E-state index < -0.39 is 5.54 Å². The van der Waals surface area contributed by atoms with E-state index in [0.29, 0.717) is 5.92 Å². The molecule has 1 saturated carbocycles. The Morgan fingerprint density at radius 1 is 1.65 bits per heavy atom. The van der Waals surface area contributed by atoms with Gasteiger partial charge in [-0.2, -0.15) is 0 Å². The van der Waals surface area contributed by atoms with E-state index in [9.17, 15) is 4.79 Å². The molecule has 2 rings (SSSR count). The van der Waals surface area contributed by atoms with Gasteiger partial charge >= 0.3 is 0 Å². The van der Waals surface area contributed by atoms with Crippen LogP contribution in [0.3, 0.4) is 0 Å². The fraction of sp³-hybridized carbons (Fsp3) is 0.688. The van der Waals surface area contributed by atoms with Crippen molar-refractivity contribution in [3.05, 3.63) is 22.4 Å². The van der Waals surface area contributed by atoms with Crippen molar-refractivity contribution in [1.29, 1.82) is 0 Å². The Labute approximate surface area is 126 Å². The number of thiophene rings is 1. The van der Waals surface area contributed by atoms with E-state index in [1.54, 1.807) is 11.3 Å². The lowest BCUT2D eigenvalue weighted by Crippen LogP contribution is -2.58. The molecule has 3 nitrogen and oxygen atoms in total. The van der Waals surface area contributed by atoms with Gasteiger partial charge in [0.05, 0.1) is 5.54 Å². The summed E-state index contributed by atoms with van der Waals surface area (Å²) < 4.78 is 0. The van der Waals surface area contributed by atoms with Gasteiger partial charge in [0, 0.05) is 24.4 Å². The topological polar surface area (TPSA) is 46.3 Å². The first kappa shape index (κ1) is 15.5. The van der Waals surface area contributed by atoms with Crippen LogP contribution in [0.2, 0.25) is 0 Å². The van der Waals surface area contributed by atoms with Gasteiger partial charge in [-0.25, -0.2) is 0 Å². The third-order valence-electron chi connectivity index (χ3n) is 4.52. The molecule has 1 amide bonds. The van der Waals surface area contributed by atoms with Gasteiger partial charge < -0.3 is 10.6 Å². The Balaban J connectivity index is 2.00. The molecular weight excluding hydrogens is 268 g/mol. The standard InChI is InChI=1S/C16H26N2OS/c1-12-6-4-8-16(17,11-12)15(19)18(3)13(2)10-14-7-5-9-20-14/h5,7,9,12-13H,4,6,8,10-11,17H2,1-3H3. The molecule has 4 heteroatoms. The van der Waals surface area contributed by atoms with Crippen molar-refractivity contribution in [2.75, 3.05) is 7.05 Å². The summed E-state index contributed by atoms with van der Waals surface area (Å²) in [6.07, 6.45) is 4.82. The molecule has 3 atom stereocenters. The summed E-state index contributed by atoms with van der Waals surface area (Å²) in [4.78, 5) is 15.9. The van der Waals surface area contributed by atoms with Crippen LogP contribution < -0.4 is 5.73 Å². The quantitative estimate of drug-likeness (QED) is 0.927. The van der Waals surface area contributed by atoms with Crippen LogP contribution in [0.25, 0.3) is 0 Å². The number of rotatable bonds is 4. The van der Waals surface area contributed by atoms with Gasteiger partial charge in [-0.3, -0.25) is 4.79 Å². The van der Waals surface area contributed by atoms with Gasteiger partial charge in [-0.1, -0.05) is 25.8 Å². The third kappa shape index (κ3) is 3.41. The monoisotopic (exact) mass is 294 g/mol. The van der Waals surface area contributed by atoms with Crippen LogP contribution in [0.5, 0.6) is 0 Å². The number of carbonyl (C=O) groups is 1. The van der Waals surface area contributed by atoms with Crippen LogP contribution in [0, 0.1) is 5.92 Å². The van der Waals surface area contributed by atoms with Crippen molar-refractivity contribution in [2.45, 2.75) is 57.5 Å². The molecular formula is C16H26N2OS. The van der Waals surface area contributed by atoms with E-state index in [4.69, 9.17) is 5.73 Å². The van der Waals surface area contributed by atoms with Gasteiger partial charge in [-0.15, -0.1) is 11.3 Å². The second-order valence-corrected chi connectivity index (χ2v) is 7.44. The third-order valence-corrected chi connectivity index (χ3v) is 5.42. The first-order valence-corrected chi connectivity index (χ1v) is 8.39. The maximum absolute atomic E-state index is 12.7. The molecule has 2 N–H and O–H groups in total. The molecule has 0 radical (unpaired) electrons. The number of nitrogens with zero attached hydrogens (tertiary/aromatic N) is 1. The maximum Gasteiger partial charge on any atom is 0.242 e. The normalized spacial score (nSPS) is 28.1. The van der Waals surface area contributed by atoms with Crippen LogP contribution in [-0.2, 0) is 11.2 Å². The lowest BCUT2D eigenvalue weighted by atomic mass is 9.76. The molecule has 1 aliphatic carbocycles. The van der Waals surface area contributed by atoms with E-state index in [1.807, 2.05) is 11.9 Å². The summed E-state index contributed by atoms with van der Waals surface area (Å²) in [5.41, 5.74) is 5.77. The Kier molecular flexibility index (Phi) is 4.86. The molecule has 0 aliphatic heterocycles. The molecule has 3 unspecified atom stereocenters. The smallest absolute Gasteiger partial charge is 0.242 e. The fourth-order valence-electron chi connectivity index (χ4n) is 3.19. The minimum Gasteiger partial charge on any atom is -0.341 e. The van der Waals surface area contributed by atoms with Crippen molar-refractivity contribution in [3.8, 4) is 0 Å². The lowest BCUT2D eigenvalue weighted by molar-refractivity contribution is -0.139. The summed E-state index contributed by atoms with van der Waals surface area (Å²) in [5, 5.41) is 2.08.